The molecule has 2 heterocycles. The molecule has 0 aliphatic carbocycles. The summed E-state index contributed by atoms with van der Waals surface area (Å²) in [6, 6.07) is 9.10. The number of benzene rings is 1. The summed E-state index contributed by atoms with van der Waals surface area (Å²) in [5, 5.41) is 8.72. The number of allylic oxidation sites excluding steroid dienone is 1. The maximum atomic E-state index is 13.1. The molecule has 1 aromatic carbocycles. The van der Waals surface area contributed by atoms with E-state index >= 15 is 0 Å². The summed E-state index contributed by atoms with van der Waals surface area (Å²) in [6.45, 7) is 2.30. The number of hydrogen-bond donors (Lipinski definition) is 1. The number of carbonyl (C=O) groups excluding carboxylic acids is 3. The minimum absolute atomic E-state index is 0.0482. The fourth-order valence-corrected chi connectivity index (χ4v) is 3.53. The summed E-state index contributed by atoms with van der Waals surface area (Å²) in [6.07, 6.45) is 3.96. The summed E-state index contributed by atoms with van der Waals surface area (Å²) in [5.41, 5.74) is 0.984. The van der Waals surface area contributed by atoms with Gasteiger partial charge in [0.1, 0.15) is 12.4 Å². The third-order valence-electron chi connectivity index (χ3n) is 5.15. The van der Waals surface area contributed by atoms with Gasteiger partial charge >= 0.3 is 6.09 Å². The highest BCUT2D eigenvalue weighted by Gasteiger charge is 2.43. The quantitative estimate of drug-likeness (QED) is 0.599. The number of aliphatic hydroxyl groups is 1. The molecule has 1 aromatic rings. The van der Waals surface area contributed by atoms with Gasteiger partial charge in [0.25, 0.3) is 0 Å². The van der Waals surface area contributed by atoms with Crippen molar-refractivity contribution in [3.8, 4) is 0 Å². The average Bonchev–Trinajstić information content (AvgIpc) is 3.14. The molecular weight excluding hydrogens is 402 g/mol. The van der Waals surface area contributed by atoms with Crippen LogP contribution in [0.2, 0.25) is 0 Å². The van der Waals surface area contributed by atoms with Crippen LogP contribution >= 0.6 is 0 Å². The maximum Gasteiger partial charge on any atom is 0.416 e. The third kappa shape index (κ3) is 5.80. The number of cyclic esters (lactones) is 1. The lowest BCUT2D eigenvalue weighted by Crippen LogP contribution is -2.48. The molecule has 8 heteroatoms. The van der Waals surface area contributed by atoms with Gasteiger partial charge < -0.3 is 19.3 Å². The molecule has 0 saturated carbocycles. The largest absolute Gasteiger partial charge is 0.482 e. The van der Waals surface area contributed by atoms with Crippen molar-refractivity contribution < 1.29 is 33.7 Å². The van der Waals surface area contributed by atoms with Gasteiger partial charge in [-0.05, 0) is 43.6 Å². The second-order valence-corrected chi connectivity index (χ2v) is 7.42. The van der Waals surface area contributed by atoms with Gasteiger partial charge in [-0.1, -0.05) is 30.3 Å². The zero-order valence-electron chi connectivity index (χ0n) is 17.4. The van der Waals surface area contributed by atoms with E-state index in [0.29, 0.717) is 25.2 Å². The molecule has 0 radical (unpaired) electrons. The molecule has 0 spiro atoms. The average molecular weight is 429 g/mol. The van der Waals surface area contributed by atoms with Gasteiger partial charge in [0.05, 0.1) is 31.8 Å². The predicted molar refractivity (Wildman–Crippen MR) is 111 cm³/mol. The predicted octanol–water partition coefficient (Wildman–Crippen LogP) is 2.02. The van der Waals surface area contributed by atoms with Crippen molar-refractivity contribution in [2.45, 2.75) is 31.9 Å². The lowest BCUT2D eigenvalue weighted by molar-refractivity contribution is -0.142. The van der Waals surface area contributed by atoms with E-state index in [1.807, 2.05) is 30.3 Å². The van der Waals surface area contributed by atoms with Crippen LogP contribution < -0.4 is 0 Å². The van der Waals surface area contributed by atoms with Gasteiger partial charge in [-0.15, -0.1) is 0 Å². The maximum absolute atomic E-state index is 13.1. The molecule has 31 heavy (non-hydrogen) atoms. The van der Waals surface area contributed by atoms with Crippen LogP contribution in [0.5, 0.6) is 0 Å². The number of ketones is 1. The Morgan fingerprint density at radius 3 is 2.77 bits per heavy atom. The zero-order valence-corrected chi connectivity index (χ0v) is 17.4. The van der Waals surface area contributed by atoms with E-state index < -0.39 is 30.1 Å². The van der Waals surface area contributed by atoms with Gasteiger partial charge in [-0.3, -0.25) is 9.59 Å². The van der Waals surface area contributed by atoms with Crippen LogP contribution in [-0.2, 0) is 30.2 Å². The molecule has 3 rings (SSSR count). The van der Waals surface area contributed by atoms with Crippen LogP contribution in [0.25, 0.3) is 0 Å². The van der Waals surface area contributed by atoms with Crippen molar-refractivity contribution in [3.63, 3.8) is 0 Å². The SMILES string of the molecule is CC(C(=O)N1C(=O)OCC1Cc1ccccc1)C1OC(=CCCOCCO)C=CC1=O. The van der Waals surface area contributed by atoms with Gasteiger partial charge in [-0.25, -0.2) is 9.69 Å². The van der Waals surface area contributed by atoms with Crippen molar-refractivity contribution in [1.29, 1.82) is 0 Å². The van der Waals surface area contributed by atoms with Gasteiger partial charge in [0.15, 0.2) is 11.9 Å². The molecule has 2 aliphatic heterocycles. The summed E-state index contributed by atoms with van der Waals surface area (Å²) in [4.78, 5) is 38.9. The van der Waals surface area contributed by atoms with Crippen molar-refractivity contribution in [2.75, 3.05) is 26.4 Å². The molecule has 3 atom stereocenters. The Kier molecular flexibility index (Phi) is 7.97. The Hall–Kier alpha value is -2.97. The van der Waals surface area contributed by atoms with E-state index in [0.717, 1.165) is 10.5 Å². The van der Waals surface area contributed by atoms with Crippen LogP contribution in [0.1, 0.15) is 18.9 Å². The van der Waals surface area contributed by atoms with E-state index in [1.165, 1.54) is 6.08 Å². The molecule has 0 aromatic heterocycles. The first-order valence-corrected chi connectivity index (χ1v) is 10.3. The fraction of sp³-hybridized carbons (Fsp3) is 0.435. The highest BCUT2D eigenvalue weighted by molar-refractivity contribution is 6.01. The summed E-state index contributed by atoms with van der Waals surface area (Å²) < 4.78 is 16.1. The van der Waals surface area contributed by atoms with E-state index in [1.54, 1.807) is 19.1 Å². The second-order valence-electron chi connectivity index (χ2n) is 7.42. The zero-order chi connectivity index (χ0) is 22.2. The highest BCUT2D eigenvalue weighted by Crippen LogP contribution is 2.25. The lowest BCUT2D eigenvalue weighted by atomic mass is 9.96. The van der Waals surface area contributed by atoms with Gasteiger partial charge in [0, 0.05) is 0 Å². The van der Waals surface area contributed by atoms with E-state index in [4.69, 9.17) is 19.3 Å². The molecule has 0 bridgehead atoms. The smallest absolute Gasteiger partial charge is 0.416 e. The normalized spacial score (nSPS) is 23.0. The number of ether oxygens (including phenoxy) is 3. The molecule has 166 valence electrons. The highest BCUT2D eigenvalue weighted by atomic mass is 16.6. The first kappa shape index (κ1) is 22.7. The topological polar surface area (TPSA) is 102 Å². The lowest BCUT2D eigenvalue weighted by Gasteiger charge is -2.29. The molecule has 2 amide bonds. The monoisotopic (exact) mass is 429 g/mol. The van der Waals surface area contributed by atoms with Gasteiger partial charge in [0.2, 0.25) is 5.91 Å². The molecule has 1 N–H and O–H groups in total. The van der Waals surface area contributed by atoms with Crippen molar-refractivity contribution in [1.82, 2.24) is 4.90 Å². The fourth-order valence-electron chi connectivity index (χ4n) is 3.53. The second kappa shape index (κ2) is 10.9. The van der Waals surface area contributed by atoms with Crippen LogP contribution in [0.4, 0.5) is 4.79 Å². The molecule has 2 aliphatic rings. The summed E-state index contributed by atoms with van der Waals surface area (Å²) in [5.74, 6) is -1.23. The Morgan fingerprint density at radius 2 is 2.03 bits per heavy atom. The van der Waals surface area contributed by atoms with Crippen molar-refractivity contribution >= 4 is 17.8 Å². The number of carbonyl (C=O) groups is 3. The minimum Gasteiger partial charge on any atom is -0.482 e. The Balaban J connectivity index is 1.65. The van der Waals surface area contributed by atoms with E-state index in [9.17, 15) is 14.4 Å². The van der Waals surface area contributed by atoms with Crippen LogP contribution in [0.15, 0.2) is 54.3 Å². The number of imide groups is 1. The van der Waals surface area contributed by atoms with Crippen molar-refractivity contribution in [3.05, 3.63) is 59.9 Å². The number of hydrogen-bond acceptors (Lipinski definition) is 7. The van der Waals surface area contributed by atoms with E-state index in [-0.39, 0.29) is 25.6 Å². The minimum atomic E-state index is -1.02. The molecule has 1 saturated heterocycles. The van der Waals surface area contributed by atoms with Crippen LogP contribution in [-0.4, -0.2) is 66.4 Å². The molecular formula is C23H27NO7. The van der Waals surface area contributed by atoms with Crippen molar-refractivity contribution in [2.24, 2.45) is 5.92 Å². The standard InChI is InChI=1S/C23H27NO7/c1-16(21-20(26)10-9-19(31-21)8-5-12-29-13-11-25)22(27)24-18(15-30-23(24)28)14-17-6-3-2-4-7-17/h2-4,6-10,16,18,21,25H,5,11-15H2,1H3. The first-order chi connectivity index (χ1) is 15.0. The van der Waals surface area contributed by atoms with E-state index in [2.05, 4.69) is 0 Å². The Morgan fingerprint density at radius 1 is 1.26 bits per heavy atom. The number of amides is 2. The first-order valence-electron chi connectivity index (χ1n) is 10.3. The number of nitrogens with zero attached hydrogens (tertiary/aromatic N) is 1. The number of aliphatic hydroxyl groups excluding tert-OH is 1. The third-order valence-corrected chi connectivity index (χ3v) is 5.15. The molecule has 1 fully saturated rings. The Labute approximate surface area is 181 Å². The van der Waals surface area contributed by atoms with Gasteiger partial charge in [-0.2, -0.15) is 0 Å². The molecule has 8 nitrogen and oxygen atoms in total. The summed E-state index contributed by atoms with van der Waals surface area (Å²) in [7, 11) is 0. The summed E-state index contributed by atoms with van der Waals surface area (Å²) >= 11 is 0. The van der Waals surface area contributed by atoms with Crippen LogP contribution in [0, 0.1) is 5.92 Å². The number of rotatable bonds is 9. The molecule has 3 unspecified atom stereocenters. The van der Waals surface area contributed by atoms with Crippen LogP contribution in [0.3, 0.4) is 0 Å². The Bertz CT molecular complexity index is 849.